The fraction of sp³-hybridized carbons (Fsp3) is 0.350. The Labute approximate surface area is 175 Å². The Morgan fingerprint density at radius 3 is 2.32 bits per heavy atom. The van der Waals surface area contributed by atoms with Crippen LogP contribution < -0.4 is 5.32 Å². The zero-order valence-corrected chi connectivity index (χ0v) is 18.8. The molecule has 0 fully saturated rings. The first-order valence-electron chi connectivity index (χ1n) is 9.09. The molecule has 0 unspecified atom stereocenters. The van der Waals surface area contributed by atoms with Gasteiger partial charge >= 0.3 is 0 Å². The molecule has 0 saturated heterocycles. The molecule has 0 aliphatic carbocycles. The lowest BCUT2D eigenvalue weighted by molar-refractivity contribution is -0.116. The molecule has 0 bridgehead atoms. The molecular weight excluding hydrogens is 442 g/mol. The fourth-order valence-corrected chi connectivity index (χ4v) is 4.12. The van der Waals surface area contributed by atoms with E-state index >= 15 is 0 Å². The van der Waals surface area contributed by atoms with Gasteiger partial charge in [0.25, 0.3) is 0 Å². The standard InChI is InChI=1S/C20H26BrN3O3S/c1-4-24(5-2)14-16-7-6-8-18(13-16)22-20(25)15-23(3)28(26,27)19-11-9-17(21)10-12-19/h6-13H,4-5,14-15H2,1-3H3,(H,22,25). The highest BCUT2D eigenvalue weighted by molar-refractivity contribution is 9.10. The minimum absolute atomic E-state index is 0.146. The van der Waals surface area contributed by atoms with E-state index in [0.29, 0.717) is 5.69 Å². The second kappa shape index (κ2) is 10.2. The van der Waals surface area contributed by atoms with Gasteiger partial charge in [0.05, 0.1) is 11.4 Å². The van der Waals surface area contributed by atoms with Crippen LogP contribution in [0.15, 0.2) is 57.9 Å². The van der Waals surface area contributed by atoms with Crippen LogP contribution in [0.1, 0.15) is 19.4 Å². The van der Waals surface area contributed by atoms with Crippen molar-refractivity contribution in [1.82, 2.24) is 9.21 Å². The lowest BCUT2D eigenvalue weighted by Gasteiger charge is -2.19. The van der Waals surface area contributed by atoms with E-state index in [9.17, 15) is 13.2 Å². The number of anilines is 1. The summed E-state index contributed by atoms with van der Waals surface area (Å²) in [5.41, 5.74) is 1.75. The molecule has 2 rings (SSSR count). The molecule has 6 nitrogen and oxygen atoms in total. The second-order valence-electron chi connectivity index (χ2n) is 6.42. The zero-order valence-electron chi connectivity index (χ0n) is 16.4. The maximum absolute atomic E-state index is 12.6. The summed E-state index contributed by atoms with van der Waals surface area (Å²) in [5, 5.41) is 2.78. The van der Waals surface area contributed by atoms with Crippen molar-refractivity contribution in [2.45, 2.75) is 25.3 Å². The van der Waals surface area contributed by atoms with Crippen LogP contribution in [0.25, 0.3) is 0 Å². The molecule has 0 spiro atoms. The van der Waals surface area contributed by atoms with Crippen molar-refractivity contribution in [3.63, 3.8) is 0 Å². The third-order valence-electron chi connectivity index (χ3n) is 4.40. The van der Waals surface area contributed by atoms with E-state index in [-0.39, 0.29) is 17.3 Å². The number of benzene rings is 2. The van der Waals surface area contributed by atoms with Gasteiger partial charge in [-0.25, -0.2) is 8.42 Å². The number of hydrogen-bond donors (Lipinski definition) is 1. The summed E-state index contributed by atoms with van der Waals surface area (Å²) in [6, 6.07) is 13.9. The molecule has 0 radical (unpaired) electrons. The summed E-state index contributed by atoms with van der Waals surface area (Å²) >= 11 is 3.28. The summed E-state index contributed by atoms with van der Waals surface area (Å²) in [6.45, 7) is 6.65. The lowest BCUT2D eigenvalue weighted by atomic mass is 10.2. The van der Waals surface area contributed by atoms with Crippen LogP contribution in [0.2, 0.25) is 0 Å². The number of rotatable bonds is 9. The Balaban J connectivity index is 2.02. The summed E-state index contributed by atoms with van der Waals surface area (Å²) in [5.74, 6) is -0.386. The maximum atomic E-state index is 12.6. The van der Waals surface area contributed by atoms with Crippen LogP contribution in [0.4, 0.5) is 5.69 Å². The molecule has 152 valence electrons. The van der Waals surface area contributed by atoms with Gasteiger partial charge in [-0.15, -0.1) is 0 Å². The maximum Gasteiger partial charge on any atom is 0.243 e. The van der Waals surface area contributed by atoms with Crippen molar-refractivity contribution >= 4 is 37.5 Å². The van der Waals surface area contributed by atoms with Crippen LogP contribution >= 0.6 is 15.9 Å². The number of carbonyl (C=O) groups excluding carboxylic acids is 1. The average molecular weight is 468 g/mol. The number of nitrogens with zero attached hydrogens (tertiary/aromatic N) is 2. The van der Waals surface area contributed by atoms with Gasteiger partial charge in [-0.2, -0.15) is 4.31 Å². The molecule has 1 N–H and O–H groups in total. The van der Waals surface area contributed by atoms with Gasteiger partial charge in [-0.1, -0.05) is 41.9 Å². The number of carbonyl (C=O) groups is 1. The Hall–Kier alpha value is -1.74. The van der Waals surface area contributed by atoms with Gasteiger partial charge in [0.1, 0.15) is 0 Å². The zero-order chi connectivity index (χ0) is 20.7. The second-order valence-corrected chi connectivity index (χ2v) is 9.39. The Morgan fingerprint density at radius 2 is 1.71 bits per heavy atom. The summed E-state index contributed by atoms with van der Waals surface area (Å²) in [7, 11) is -2.33. The first-order valence-corrected chi connectivity index (χ1v) is 11.3. The van der Waals surface area contributed by atoms with Gasteiger partial charge in [0, 0.05) is 23.8 Å². The van der Waals surface area contributed by atoms with E-state index in [2.05, 4.69) is 40.0 Å². The fourth-order valence-electron chi connectivity index (χ4n) is 2.73. The number of hydrogen-bond acceptors (Lipinski definition) is 4. The van der Waals surface area contributed by atoms with Gasteiger partial charge in [0.2, 0.25) is 15.9 Å². The van der Waals surface area contributed by atoms with Gasteiger partial charge in [0.15, 0.2) is 0 Å². The normalized spacial score (nSPS) is 11.8. The van der Waals surface area contributed by atoms with E-state index in [1.165, 1.54) is 19.2 Å². The van der Waals surface area contributed by atoms with Gasteiger partial charge < -0.3 is 5.32 Å². The topological polar surface area (TPSA) is 69.7 Å². The van der Waals surface area contributed by atoms with Crippen molar-refractivity contribution in [2.24, 2.45) is 0 Å². The van der Waals surface area contributed by atoms with Gasteiger partial charge in [-0.05, 0) is 55.1 Å². The highest BCUT2D eigenvalue weighted by atomic mass is 79.9. The SMILES string of the molecule is CCN(CC)Cc1cccc(NC(=O)CN(C)S(=O)(=O)c2ccc(Br)cc2)c1. The average Bonchev–Trinajstić information content (AvgIpc) is 2.66. The quantitative estimate of drug-likeness (QED) is 0.611. The molecule has 2 aromatic carbocycles. The predicted molar refractivity (Wildman–Crippen MR) is 116 cm³/mol. The molecule has 0 aliphatic heterocycles. The minimum atomic E-state index is -3.73. The molecule has 28 heavy (non-hydrogen) atoms. The predicted octanol–water partition coefficient (Wildman–Crippen LogP) is 3.55. The highest BCUT2D eigenvalue weighted by Gasteiger charge is 2.23. The van der Waals surface area contributed by atoms with Crippen molar-refractivity contribution in [2.75, 3.05) is 32.0 Å². The summed E-state index contributed by atoms with van der Waals surface area (Å²) < 4.78 is 27.0. The smallest absolute Gasteiger partial charge is 0.243 e. The number of halogens is 1. The minimum Gasteiger partial charge on any atom is -0.325 e. The number of amides is 1. The van der Waals surface area contributed by atoms with Crippen LogP contribution in [0, 0.1) is 0 Å². The molecular formula is C20H26BrN3O3S. The van der Waals surface area contributed by atoms with E-state index in [1.807, 2.05) is 18.2 Å². The van der Waals surface area contributed by atoms with E-state index in [4.69, 9.17) is 0 Å². The van der Waals surface area contributed by atoms with E-state index in [0.717, 1.165) is 34.0 Å². The monoisotopic (exact) mass is 467 g/mol. The molecule has 0 heterocycles. The van der Waals surface area contributed by atoms with Crippen LogP contribution in [0.3, 0.4) is 0 Å². The van der Waals surface area contributed by atoms with Crippen molar-refractivity contribution in [3.05, 3.63) is 58.6 Å². The molecule has 0 aromatic heterocycles. The van der Waals surface area contributed by atoms with Crippen LogP contribution in [0.5, 0.6) is 0 Å². The molecule has 2 aromatic rings. The van der Waals surface area contributed by atoms with Crippen molar-refractivity contribution in [1.29, 1.82) is 0 Å². The van der Waals surface area contributed by atoms with Crippen molar-refractivity contribution in [3.8, 4) is 0 Å². The molecule has 0 atom stereocenters. The largest absolute Gasteiger partial charge is 0.325 e. The van der Waals surface area contributed by atoms with Crippen LogP contribution in [-0.2, 0) is 21.4 Å². The first kappa shape index (κ1) is 22.5. The van der Waals surface area contributed by atoms with Crippen molar-refractivity contribution < 1.29 is 13.2 Å². The molecule has 0 aliphatic rings. The van der Waals surface area contributed by atoms with E-state index < -0.39 is 10.0 Å². The molecule has 0 saturated carbocycles. The third kappa shape index (κ3) is 6.13. The molecule has 8 heteroatoms. The van der Waals surface area contributed by atoms with Crippen LogP contribution in [-0.4, -0.2) is 50.2 Å². The van der Waals surface area contributed by atoms with Gasteiger partial charge in [-0.3, -0.25) is 9.69 Å². The third-order valence-corrected chi connectivity index (χ3v) is 6.75. The lowest BCUT2D eigenvalue weighted by Crippen LogP contribution is -2.35. The summed E-state index contributed by atoms with van der Waals surface area (Å²) in [6.07, 6.45) is 0. The van der Waals surface area contributed by atoms with E-state index in [1.54, 1.807) is 18.2 Å². The first-order chi connectivity index (χ1) is 13.3. The Bertz CT molecular complexity index is 897. The number of nitrogens with one attached hydrogen (secondary N) is 1. The number of likely N-dealkylation sites (N-methyl/N-ethyl adjacent to an activating group) is 1. The Morgan fingerprint density at radius 1 is 1.07 bits per heavy atom. The number of sulfonamides is 1. The summed E-state index contributed by atoms with van der Waals surface area (Å²) in [4.78, 5) is 14.8. The Kier molecular flexibility index (Phi) is 8.18. The highest BCUT2D eigenvalue weighted by Crippen LogP contribution is 2.18. The molecule has 1 amide bonds.